The molecule has 1 aromatic carbocycles. The Morgan fingerprint density at radius 2 is 2.41 bits per heavy atom. The second-order valence-corrected chi connectivity index (χ2v) is 3.56. The van der Waals surface area contributed by atoms with E-state index in [1.807, 2.05) is 19.2 Å². The molecule has 0 spiro atoms. The van der Waals surface area contributed by atoms with Gasteiger partial charge in [0.1, 0.15) is 0 Å². The summed E-state index contributed by atoms with van der Waals surface area (Å²) < 4.78 is 0. The molecule has 0 radical (unpaired) electrons. The number of aromatic nitrogens is 2. The Kier molecular flexibility index (Phi) is 3.15. The van der Waals surface area contributed by atoms with E-state index in [0.29, 0.717) is 5.52 Å². The number of rotatable bonds is 4. The lowest BCUT2D eigenvalue weighted by atomic mass is 10.2. The first-order valence-corrected chi connectivity index (χ1v) is 5.16. The Bertz CT molecular complexity index is 574. The number of hydrogen-bond acceptors (Lipinski definition) is 4. The van der Waals surface area contributed by atoms with Gasteiger partial charge in [-0.2, -0.15) is 5.10 Å². The molecule has 0 atom stereocenters. The second-order valence-electron chi connectivity index (χ2n) is 3.56. The average Bonchev–Trinajstić information content (AvgIpc) is 2.72. The third-order valence-electron chi connectivity index (χ3n) is 2.38. The van der Waals surface area contributed by atoms with Crippen LogP contribution in [0.1, 0.15) is 5.69 Å². The second kappa shape index (κ2) is 4.75. The highest BCUT2D eigenvalue weighted by molar-refractivity contribution is 5.88. The molecular weight excluding hydrogens is 220 g/mol. The van der Waals surface area contributed by atoms with E-state index in [4.69, 9.17) is 0 Å². The van der Waals surface area contributed by atoms with Crippen LogP contribution in [-0.4, -0.2) is 28.7 Å². The molecule has 2 aromatic rings. The Morgan fingerprint density at radius 3 is 3.12 bits per heavy atom. The number of benzene rings is 1. The molecule has 0 amide bonds. The van der Waals surface area contributed by atoms with Gasteiger partial charge >= 0.3 is 0 Å². The van der Waals surface area contributed by atoms with Gasteiger partial charge in [-0.25, -0.2) is 0 Å². The predicted molar refractivity (Wildman–Crippen MR) is 65.7 cm³/mol. The van der Waals surface area contributed by atoms with Crippen molar-refractivity contribution in [2.24, 2.45) is 0 Å². The maximum Gasteiger partial charge on any atom is 0.271 e. The molecule has 0 aliphatic rings. The van der Waals surface area contributed by atoms with Crippen molar-refractivity contribution in [1.29, 1.82) is 0 Å². The van der Waals surface area contributed by atoms with Crippen LogP contribution in [0.3, 0.4) is 0 Å². The number of fused-ring (bicyclic) bond motifs is 1. The van der Waals surface area contributed by atoms with E-state index in [2.05, 4.69) is 15.5 Å². The summed E-state index contributed by atoms with van der Waals surface area (Å²) in [6.07, 6.45) is 3.82. The zero-order valence-electron chi connectivity index (χ0n) is 9.30. The maximum atomic E-state index is 10.6. The molecule has 1 aromatic heterocycles. The van der Waals surface area contributed by atoms with Crippen molar-refractivity contribution in [1.82, 2.24) is 15.5 Å². The number of nitro groups is 1. The van der Waals surface area contributed by atoms with Crippen molar-refractivity contribution in [2.45, 2.75) is 0 Å². The summed E-state index contributed by atoms with van der Waals surface area (Å²) in [6.45, 7) is 0.751. The number of aromatic amines is 1. The number of likely N-dealkylation sites (N-methyl/N-ethyl adjacent to an activating group) is 1. The summed E-state index contributed by atoms with van der Waals surface area (Å²) >= 11 is 0. The largest absolute Gasteiger partial charge is 0.316 e. The molecule has 1 heterocycles. The van der Waals surface area contributed by atoms with Crippen molar-refractivity contribution in [3.8, 4) is 0 Å². The van der Waals surface area contributed by atoms with Crippen LogP contribution < -0.4 is 5.32 Å². The van der Waals surface area contributed by atoms with Crippen LogP contribution >= 0.6 is 0 Å². The lowest BCUT2D eigenvalue weighted by molar-refractivity contribution is -0.384. The highest BCUT2D eigenvalue weighted by atomic mass is 16.6. The summed E-state index contributed by atoms with van der Waals surface area (Å²) in [6, 6.07) is 4.67. The monoisotopic (exact) mass is 232 g/mol. The zero-order valence-corrected chi connectivity index (χ0v) is 9.30. The number of non-ortho nitro benzene ring substituents is 1. The van der Waals surface area contributed by atoms with Crippen LogP contribution in [0.15, 0.2) is 24.3 Å². The summed E-state index contributed by atoms with van der Waals surface area (Å²) in [5.41, 5.74) is 1.51. The number of nitrogens with zero attached hydrogens (tertiary/aromatic N) is 2. The van der Waals surface area contributed by atoms with Gasteiger partial charge in [0.25, 0.3) is 5.69 Å². The van der Waals surface area contributed by atoms with Crippen molar-refractivity contribution in [3.05, 3.63) is 40.1 Å². The van der Waals surface area contributed by atoms with Gasteiger partial charge < -0.3 is 5.32 Å². The number of nitro benzene ring substituents is 1. The zero-order chi connectivity index (χ0) is 12.3. The minimum absolute atomic E-state index is 0.0619. The first kappa shape index (κ1) is 11.3. The molecule has 0 aliphatic carbocycles. The fourth-order valence-electron chi connectivity index (χ4n) is 1.56. The molecule has 2 N–H and O–H groups in total. The smallest absolute Gasteiger partial charge is 0.271 e. The number of hydrogen-bond donors (Lipinski definition) is 2. The van der Waals surface area contributed by atoms with E-state index in [-0.39, 0.29) is 5.69 Å². The van der Waals surface area contributed by atoms with Crippen LogP contribution in [0.2, 0.25) is 0 Å². The molecule has 6 heteroatoms. The first-order chi connectivity index (χ1) is 8.22. The van der Waals surface area contributed by atoms with Crippen LogP contribution in [0, 0.1) is 10.1 Å². The Labute approximate surface area is 97.5 Å². The van der Waals surface area contributed by atoms with Gasteiger partial charge in [-0.15, -0.1) is 0 Å². The van der Waals surface area contributed by atoms with E-state index in [1.54, 1.807) is 6.07 Å². The van der Waals surface area contributed by atoms with E-state index < -0.39 is 4.92 Å². The van der Waals surface area contributed by atoms with E-state index in [9.17, 15) is 10.1 Å². The minimum Gasteiger partial charge on any atom is -0.316 e. The molecule has 17 heavy (non-hydrogen) atoms. The molecule has 2 rings (SSSR count). The van der Waals surface area contributed by atoms with Gasteiger partial charge in [-0.05, 0) is 19.2 Å². The van der Waals surface area contributed by atoms with Crippen molar-refractivity contribution in [2.75, 3.05) is 13.6 Å². The lowest BCUT2D eigenvalue weighted by Crippen LogP contribution is -2.03. The van der Waals surface area contributed by atoms with E-state index in [1.165, 1.54) is 12.1 Å². The number of nitrogens with one attached hydrogen (secondary N) is 2. The molecular formula is C11H12N4O2. The molecule has 88 valence electrons. The molecule has 0 fully saturated rings. The topological polar surface area (TPSA) is 83.8 Å². The first-order valence-electron chi connectivity index (χ1n) is 5.16. The van der Waals surface area contributed by atoms with Crippen LogP contribution in [-0.2, 0) is 0 Å². The van der Waals surface area contributed by atoms with Crippen LogP contribution in [0.5, 0.6) is 0 Å². The highest BCUT2D eigenvalue weighted by Gasteiger charge is 2.09. The van der Waals surface area contributed by atoms with Gasteiger partial charge in [0.2, 0.25) is 0 Å². The molecule has 0 saturated carbocycles. The predicted octanol–water partition coefficient (Wildman–Crippen LogP) is 1.70. The van der Waals surface area contributed by atoms with Gasteiger partial charge in [0.05, 0.1) is 16.1 Å². The van der Waals surface area contributed by atoms with E-state index in [0.717, 1.165) is 17.6 Å². The van der Waals surface area contributed by atoms with Gasteiger partial charge in [-0.3, -0.25) is 15.2 Å². The summed E-state index contributed by atoms with van der Waals surface area (Å²) in [5.74, 6) is 0. The SMILES string of the molecule is CNCC=Cc1n[nH]c2cc([N+](=O)[O-])ccc12. The fourth-order valence-corrected chi connectivity index (χ4v) is 1.56. The molecule has 6 nitrogen and oxygen atoms in total. The Hall–Kier alpha value is -2.21. The Balaban J connectivity index is 2.38. The minimum atomic E-state index is -0.420. The quantitative estimate of drug-likeness (QED) is 0.620. The lowest BCUT2D eigenvalue weighted by Gasteiger charge is -1.92. The van der Waals surface area contributed by atoms with Crippen LogP contribution in [0.4, 0.5) is 5.69 Å². The van der Waals surface area contributed by atoms with Crippen LogP contribution in [0.25, 0.3) is 17.0 Å². The fraction of sp³-hybridized carbons (Fsp3) is 0.182. The molecule has 0 unspecified atom stereocenters. The van der Waals surface area contributed by atoms with Gasteiger partial charge in [-0.1, -0.05) is 6.08 Å². The van der Waals surface area contributed by atoms with Gasteiger partial charge in [0.15, 0.2) is 0 Å². The summed E-state index contributed by atoms with van der Waals surface area (Å²) in [7, 11) is 1.86. The summed E-state index contributed by atoms with van der Waals surface area (Å²) in [5, 5.41) is 21.4. The highest BCUT2D eigenvalue weighted by Crippen LogP contribution is 2.22. The van der Waals surface area contributed by atoms with Crippen molar-refractivity contribution in [3.63, 3.8) is 0 Å². The molecule has 0 saturated heterocycles. The average molecular weight is 232 g/mol. The van der Waals surface area contributed by atoms with Crippen molar-refractivity contribution < 1.29 is 4.92 Å². The standard InChI is InChI=1S/C11H12N4O2/c1-12-6-2-3-10-9-5-4-8(15(16)17)7-11(9)14-13-10/h2-5,7,12H,6H2,1H3,(H,13,14). The third kappa shape index (κ3) is 2.31. The third-order valence-corrected chi connectivity index (χ3v) is 2.38. The summed E-state index contributed by atoms with van der Waals surface area (Å²) in [4.78, 5) is 10.2. The normalized spacial score (nSPS) is 11.4. The molecule has 0 aliphatic heterocycles. The van der Waals surface area contributed by atoms with Gasteiger partial charge in [0, 0.05) is 24.1 Å². The number of H-pyrrole nitrogens is 1. The maximum absolute atomic E-state index is 10.6. The van der Waals surface area contributed by atoms with E-state index >= 15 is 0 Å². The van der Waals surface area contributed by atoms with Crippen molar-refractivity contribution >= 4 is 22.7 Å². The molecule has 0 bridgehead atoms. The Morgan fingerprint density at radius 1 is 1.59 bits per heavy atom.